The third-order valence-corrected chi connectivity index (χ3v) is 4.47. The predicted octanol–water partition coefficient (Wildman–Crippen LogP) is 4.55. The van der Waals surface area contributed by atoms with Gasteiger partial charge in [-0.3, -0.25) is 4.79 Å². The monoisotopic (exact) mass is 390 g/mol. The standard InChI is InChI=1S/C24H26N2O3/c1-26(2)15-16-29-22-14-13-21(17-23(22)28-3)25-24(27)20-11-9-19(10-12-20)18-7-5-4-6-8-18/h4-14,17H,15-16H2,1-3H3,(H,25,27). The van der Waals surface area contributed by atoms with Crippen molar-refractivity contribution in [2.24, 2.45) is 0 Å². The van der Waals surface area contributed by atoms with E-state index in [4.69, 9.17) is 9.47 Å². The molecule has 150 valence electrons. The molecule has 3 rings (SSSR count). The van der Waals surface area contributed by atoms with Crippen molar-refractivity contribution in [3.63, 3.8) is 0 Å². The van der Waals surface area contributed by atoms with E-state index in [1.54, 1.807) is 13.2 Å². The lowest BCUT2D eigenvalue weighted by Crippen LogP contribution is -2.19. The van der Waals surface area contributed by atoms with Crippen molar-refractivity contribution >= 4 is 11.6 Å². The Morgan fingerprint density at radius 1 is 0.897 bits per heavy atom. The summed E-state index contributed by atoms with van der Waals surface area (Å²) in [5, 5.41) is 2.91. The van der Waals surface area contributed by atoms with Gasteiger partial charge in [-0.15, -0.1) is 0 Å². The second-order valence-corrected chi connectivity index (χ2v) is 6.91. The Kier molecular flexibility index (Phi) is 6.87. The highest BCUT2D eigenvalue weighted by Gasteiger charge is 2.10. The summed E-state index contributed by atoms with van der Waals surface area (Å²) < 4.78 is 11.2. The Morgan fingerprint density at radius 3 is 2.24 bits per heavy atom. The fourth-order valence-electron chi connectivity index (χ4n) is 2.85. The minimum atomic E-state index is -0.173. The fraction of sp³-hybridized carbons (Fsp3) is 0.208. The first kappa shape index (κ1) is 20.4. The molecule has 3 aromatic rings. The highest BCUT2D eigenvalue weighted by Crippen LogP contribution is 2.30. The van der Waals surface area contributed by atoms with E-state index in [9.17, 15) is 4.79 Å². The summed E-state index contributed by atoms with van der Waals surface area (Å²) >= 11 is 0. The van der Waals surface area contributed by atoms with Crippen molar-refractivity contribution in [3.8, 4) is 22.6 Å². The average molecular weight is 390 g/mol. The van der Waals surface area contributed by atoms with Crippen molar-refractivity contribution in [2.45, 2.75) is 0 Å². The van der Waals surface area contributed by atoms with Crippen molar-refractivity contribution in [1.29, 1.82) is 0 Å². The van der Waals surface area contributed by atoms with Crippen LogP contribution in [0.15, 0.2) is 72.8 Å². The van der Waals surface area contributed by atoms with Gasteiger partial charge in [-0.05, 0) is 49.5 Å². The van der Waals surface area contributed by atoms with Gasteiger partial charge in [-0.25, -0.2) is 0 Å². The number of carbonyl (C=O) groups is 1. The maximum absolute atomic E-state index is 12.6. The van der Waals surface area contributed by atoms with Crippen LogP contribution in [0.1, 0.15) is 10.4 Å². The van der Waals surface area contributed by atoms with E-state index in [0.717, 1.165) is 17.7 Å². The van der Waals surface area contributed by atoms with Gasteiger partial charge in [0.15, 0.2) is 11.5 Å². The molecule has 3 aromatic carbocycles. The van der Waals surface area contributed by atoms with Gasteiger partial charge in [0.05, 0.1) is 7.11 Å². The zero-order valence-electron chi connectivity index (χ0n) is 17.0. The first-order valence-corrected chi connectivity index (χ1v) is 9.49. The van der Waals surface area contributed by atoms with E-state index < -0.39 is 0 Å². The summed E-state index contributed by atoms with van der Waals surface area (Å²) in [6.07, 6.45) is 0. The highest BCUT2D eigenvalue weighted by atomic mass is 16.5. The van der Waals surface area contributed by atoms with E-state index in [-0.39, 0.29) is 5.91 Å². The SMILES string of the molecule is COc1cc(NC(=O)c2ccc(-c3ccccc3)cc2)ccc1OCCN(C)C. The van der Waals surface area contributed by atoms with Gasteiger partial charge in [0.25, 0.3) is 5.91 Å². The van der Waals surface area contributed by atoms with Crippen molar-refractivity contribution in [2.75, 3.05) is 39.7 Å². The molecule has 0 aromatic heterocycles. The molecule has 0 aliphatic rings. The Labute approximate surface area is 171 Å². The van der Waals surface area contributed by atoms with E-state index >= 15 is 0 Å². The maximum Gasteiger partial charge on any atom is 0.255 e. The Morgan fingerprint density at radius 2 is 1.59 bits per heavy atom. The van der Waals surface area contributed by atoms with Crippen LogP contribution in [-0.4, -0.2) is 45.2 Å². The number of amides is 1. The Balaban J connectivity index is 1.67. The number of rotatable bonds is 8. The molecule has 0 bridgehead atoms. The lowest BCUT2D eigenvalue weighted by atomic mass is 10.0. The van der Waals surface area contributed by atoms with Crippen molar-refractivity contribution in [1.82, 2.24) is 4.90 Å². The lowest BCUT2D eigenvalue weighted by molar-refractivity contribution is 0.102. The topological polar surface area (TPSA) is 50.8 Å². The van der Waals surface area contributed by atoms with E-state index in [1.165, 1.54) is 0 Å². The van der Waals surface area contributed by atoms with E-state index in [2.05, 4.69) is 5.32 Å². The van der Waals surface area contributed by atoms with Crippen molar-refractivity contribution in [3.05, 3.63) is 78.4 Å². The van der Waals surface area contributed by atoms with Gasteiger partial charge in [-0.1, -0.05) is 42.5 Å². The number of hydrogen-bond donors (Lipinski definition) is 1. The molecule has 0 atom stereocenters. The largest absolute Gasteiger partial charge is 0.493 e. The van der Waals surface area contributed by atoms with Crippen LogP contribution in [0, 0.1) is 0 Å². The van der Waals surface area contributed by atoms with Gasteiger partial charge in [0.2, 0.25) is 0 Å². The third kappa shape index (κ3) is 5.59. The first-order chi connectivity index (χ1) is 14.1. The molecule has 0 aliphatic heterocycles. The van der Waals surface area contributed by atoms with Crippen LogP contribution >= 0.6 is 0 Å². The maximum atomic E-state index is 12.6. The van der Waals surface area contributed by atoms with Gasteiger partial charge in [0.1, 0.15) is 6.61 Å². The summed E-state index contributed by atoms with van der Waals surface area (Å²) in [5.74, 6) is 1.06. The van der Waals surface area contributed by atoms with Crippen LogP contribution in [0.4, 0.5) is 5.69 Å². The number of anilines is 1. The zero-order chi connectivity index (χ0) is 20.6. The Bertz CT molecular complexity index is 938. The van der Waals surface area contributed by atoms with Crippen LogP contribution in [0.25, 0.3) is 11.1 Å². The van der Waals surface area contributed by atoms with Crippen molar-refractivity contribution < 1.29 is 14.3 Å². The molecule has 0 aliphatic carbocycles. The average Bonchev–Trinajstić information content (AvgIpc) is 2.75. The fourth-order valence-corrected chi connectivity index (χ4v) is 2.85. The zero-order valence-corrected chi connectivity index (χ0v) is 17.0. The van der Waals surface area contributed by atoms with Crippen LogP contribution in [0.5, 0.6) is 11.5 Å². The lowest BCUT2D eigenvalue weighted by Gasteiger charge is -2.14. The molecule has 0 saturated heterocycles. The Hall–Kier alpha value is -3.31. The number of nitrogens with one attached hydrogen (secondary N) is 1. The van der Waals surface area contributed by atoms with Crippen LogP contribution in [0.2, 0.25) is 0 Å². The second kappa shape index (κ2) is 9.75. The normalized spacial score (nSPS) is 10.6. The van der Waals surface area contributed by atoms with Gasteiger partial charge < -0.3 is 19.7 Å². The number of methoxy groups -OCH3 is 1. The summed E-state index contributed by atoms with van der Waals surface area (Å²) in [4.78, 5) is 14.7. The second-order valence-electron chi connectivity index (χ2n) is 6.91. The number of likely N-dealkylation sites (N-methyl/N-ethyl adjacent to an activating group) is 1. The number of carbonyl (C=O) groups excluding carboxylic acids is 1. The summed E-state index contributed by atoms with van der Waals surface area (Å²) in [7, 11) is 5.57. The number of benzene rings is 3. The molecule has 5 nitrogen and oxygen atoms in total. The third-order valence-electron chi connectivity index (χ3n) is 4.47. The number of ether oxygens (including phenoxy) is 2. The molecule has 0 heterocycles. The van der Waals surface area contributed by atoms with Crippen LogP contribution in [-0.2, 0) is 0 Å². The first-order valence-electron chi connectivity index (χ1n) is 9.49. The molecule has 0 saturated carbocycles. The van der Waals surface area contributed by atoms with Gasteiger partial charge in [0, 0.05) is 23.9 Å². The molecular weight excluding hydrogens is 364 g/mol. The van der Waals surface area contributed by atoms with Gasteiger partial charge >= 0.3 is 0 Å². The smallest absolute Gasteiger partial charge is 0.255 e. The number of nitrogens with zero attached hydrogens (tertiary/aromatic N) is 1. The molecule has 0 unspecified atom stereocenters. The van der Waals surface area contributed by atoms with Crippen LogP contribution < -0.4 is 14.8 Å². The predicted molar refractivity (Wildman–Crippen MR) is 117 cm³/mol. The summed E-state index contributed by atoms with van der Waals surface area (Å²) in [6, 6.07) is 23.0. The van der Waals surface area contributed by atoms with E-state index in [1.807, 2.05) is 85.7 Å². The molecule has 0 radical (unpaired) electrons. The van der Waals surface area contributed by atoms with Gasteiger partial charge in [-0.2, -0.15) is 0 Å². The summed E-state index contributed by atoms with van der Waals surface area (Å²) in [5.41, 5.74) is 3.44. The minimum absolute atomic E-state index is 0.173. The number of hydrogen-bond acceptors (Lipinski definition) is 4. The summed E-state index contributed by atoms with van der Waals surface area (Å²) in [6.45, 7) is 1.36. The molecule has 0 spiro atoms. The molecule has 1 amide bonds. The van der Waals surface area contributed by atoms with Crippen LogP contribution in [0.3, 0.4) is 0 Å². The molecule has 29 heavy (non-hydrogen) atoms. The molecular formula is C24H26N2O3. The molecule has 5 heteroatoms. The molecule has 1 N–H and O–H groups in total. The highest BCUT2D eigenvalue weighted by molar-refractivity contribution is 6.04. The minimum Gasteiger partial charge on any atom is -0.493 e. The van der Waals surface area contributed by atoms with E-state index in [0.29, 0.717) is 29.4 Å². The molecule has 0 fully saturated rings. The quantitative estimate of drug-likeness (QED) is 0.613.